The van der Waals surface area contributed by atoms with E-state index in [1.807, 2.05) is 0 Å². The van der Waals surface area contributed by atoms with E-state index in [0.29, 0.717) is 5.75 Å². The summed E-state index contributed by atoms with van der Waals surface area (Å²) in [7, 11) is 0. The summed E-state index contributed by atoms with van der Waals surface area (Å²) in [5.41, 5.74) is 0. The fourth-order valence-electron chi connectivity index (χ4n) is 0.651. The molecule has 1 unspecified atom stereocenters. The number of aliphatic hydroxyl groups excluding tert-OH is 1. The maximum Gasteiger partial charge on any atom is 0.245 e. The smallest absolute Gasteiger partial charge is 0.245 e. The molecule has 6 heteroatoms. The Morgan fingerprint density at radius 3 is 2.87 bits per heavy atom. The summed E-state index contributed by atoms with van der Waals surface area (Å²) in [4.78, 5) is 21.2. The number of thioether (sulfide) groups is 1. The van der Waals surface area contributed by atoms with Gasteiger partial charge in [0, 0.05) is 12.7 Å². The average Bonchev–Trinajstić information content (AvgIpc) is 2.21. The van der Waals surface area contributed by atoms with Gasteiger partial charge < -0.3 is 15.2 Å². The SMILES string of the molecule is C=CC(=O)NCOCC(O)CSC(C)=O. The molecule has 2 N–H and O–H groups in total. The summed E-state index contributed by atoms with van der Waals surface area (Å²) in [5, 5.41) is 11.6. The zero-order chi connectivity index (χ0) is 11.7. The third-order valence-corrected chi connectivity index (χ3v) is 2.28. The van der Waals surface area contributed by atoms with Crippen molar-refractivity contribution in [3.8, 4) is 0 Å². The van der Waals surface area contributed by atoms with Gasteiger partial charge in [0.25, 0.3) is 0 Å². The van der Waals surface area contributed by atoms with Crippen LogP contribution in [0, 0.1) is 0 Å². The second kappa shape index (κ2) is 8.46. The number of carbonyl (C=O) groups is 2. The van der Waals surface area contributed by atoms with E-state index in [2.05, 4.69) is 11.9 Å². The lowest BCUT2D eigenvalue weighted by Gasteiger charge is -2.09. The Kier molecular flexibility index (Phi) is 7.98. The molecule has 5 nitrogen and oxygen atoms in total. The summed E-state index contributed by atoms with van der Waals surface area (Å²) in [5.74, 6) is -0.0346. The molecule has 0 heterocycles. The van der Waals surface area contributed by atoms with E-state index in [9.17, 15) is 14.7 Å². The van der Waals surface area contributed by atoms with Gasteiger partial charge in [0.1, 0.15) is 6.73 Å². The van der Waals surface area contributed by atoms with Crippen molar-refractivity contribution in [2.24, 2.45) is 0 Å². The first kappa shape index (κ1) is 14.2. The summed E-state index contributed by atoms with van der Waals surface area (Å²) in [6.07, 6.45) is 0.422. The van der Waals surface area contributed by atoms with E-state index in [1.54, 1.807) is 0 Å². The fourth-order valence-corrected chi connectivity index (χ4v) is 1.17. The first-order valence-corrected chi connectivity index (χ1v) is 5.34. The molecule has 0 saturated heterocycles. The molecular formula is C9H15NO4S. The van der Waals surface area contributed by atoms with Gasteiger partial charge >= 0.3 is 0 Å². The number of hydrogen-bond acceptors (Lipinski definition) is 5. The number of carbonyl (C=O) groups excluding carboxylic acids is 2. The normalized spacial score (nSPS) is 11.9. The quantitative estimate of drug-likeness (QED) is 0.365. The van der Waals surface area contributed by atoms with Crippen LogP contribution >= 0.6 is 11.8 Å². The highest BCUT2D eigenvalue weighted by Crippen LogP contribution is 2.03. The largest absolute Gasteiger partial charge is 0.390 e. The Labute approximate surface area is 92.9 Å². The van der Waals surface area contributed by atoms with Gasteiger partial charge in [-0.3, -0.25) is 9.59 Å². The second-order valence-corrected chi connectivity index (χ2v) is 3.91. The van der Waals surface area contributed by atoms with Gasteiger partial charge in [0.15, 0.2) is 5.12 Å². The predicted octanol–water partition coefficient (Wildman–Crippen LogP) is -0.0967. The topological polar surface area (TPSA) is 75.6 Å². The Morgan fingerprint density at radius 1 is 1.67 bits per heavy atom. The molecule has 0 spiro atoms. The van der Waals surface area contributed by atoms with Crippen LogP contribution in [0.3, 0.4) is 0 Å². The molecule has 0 aliphatic heterocycles. The minimum Gasteiger partial charge on any atom is -0.390 e. The Hall–Kier alpha value is -0.850. The van der Waals surface area contributed by atoms with E-state index in [1.165, 1.54) is 6.92 Å². The van der Waals surface area contributed by atoms with E-state index >= 15 is 0 Å². The third-order valence-electron chi connectivity index (χ3n) is 1.32. The van der Waals surface area contributed by atoms with Gasteiger partial charge in [0.2, 0.25) is 5.91 Å². The number of ether oxygens (including phenoxy) is 1. The van der Waals surface area contributed by atoms with Gasteiger partial charge in [-0.15, -0.1) is 0 Å². The predicted molar refractivity (Wildman–Crippen MR) is 58.3 cm³/mol. The molecule has 0 aliphatic rings. The Morgan fingerprint density at radius 2 is 2.33 bits per heavy atom. The van der Waals surface area contributed by atoms with Crippen LogP contribution in [0.5, 0.6) is 0 Å². The zero-order valence-corrected chi connectivity index (χ0v) is 9.38. The highest BCUT2D eigenvalue weighted by molar-refractivity contribution is 8.13. The first-order valence-electron chi connectivity index (χ1n) is 4.35. The molecule has 0 aromatic rings. The molecule has 0 bridgehead atoms. The van der Waals surface area contributed by atoms with Gasteiger partial charge in [0.05, 0.1) is 12.7 Å². The Balaban J connectivity index is 3.38. The number of rotatable bonds is 7. The van der Waals surface area contributed by atoms with Crippen molar-refractivity contribution in [1.29, 1.82) is 0 Å². The molecule has 0 aromatic heterocycles. The van der Waals surface area contributed by atoms with Crippen LogP contribution in [-0.4, -0.2) is 41.3 Å². The molecule has 0 aliphatic carbocycles. The van der Waals surface area contributed by atoms with Crippen molar-refractivity contribution in [2.75, 3.05) is 19.1 Å². The number of amides is 1. The summed E-state index contributed by atoms with van der Waals surface area (Å²) < 4.78 is 4.95. The lowest BCUT2D eigenvalue weighted by Crippen LogP contribution is -2.27. The average molecular weight is 233 g/mol. The third kappa shape index (κ3) is 9.45. The molecule has 15 heavy (non-hydrogen) atoms. The van der Waals surface area contributed by atoms with Crippen LogP contribution in [0.1, 0.15) is 6.92 Å². The molecular weight excluding hydrogens is 218 g/mol. The van der Waals surface area contributed by atoms with Crippen molar-refractivity contribution in [1.82, 2.24) is 5.32 Å². The second-order valence-electron chi connectivity index (χ2n) is 2.72. The van der Waals surface area contributed by atoms with Crippen molar-refractivity contribution in [3.63, 3.8) is 0 Å². The van der Waals surface area contributed by atoms with Gasteiger partial charge in [-0.05, 0) is 6.08 Å². The van der Waals surface area contributed by atoms with E-state index in [4.69, 9.17) is 4.74 Å². The monoisotopic (exact) mass is 233 g/mol. The minimum absolute atomic E-state index is 0.0205. The number of aliphatic hydroxyl groups is 1. The fraction of sp³-hybridized carbons (Fsp3) is 0.556. The van der Waals surface area contributed by atoms with Gasteiger partial charge in [-0.2, -0.15) is 0 Å². The van der Waals surface area contributed by atoms with Crippen molar-refractivity contribution in [3.05, 3.63) is 12.7 Å². The van der Waals surface area contributed by atoms with Gasteiger partial charge in [-0.25, -0.2) is 0 Å². The highest BCUT2D eigenvalue weighted by Gasteiger charge is 2.06. The molecule has 1 atom stereocenters. The molecule has 0 rings (SSSR count). The lowest BCUT2D eigenvalue weighted by atomic mass is 10.4. The Bertz CT molecular complexity index is 232. The van der Waals surface area contributed by atoms with E-state index < -0.39 is 6.10 Å². The molecule has 0 aromatic carbocycles. The summed E-state index contributed by atoms with van der Waals surface area (Å²) in [6, 6.07) is 0. The van der Waals surface area contributed by atoms with Crippen LogP contribution in [0.2, 0.25) is 0 Å². The van der Waals surface area contributed by atoms with Crippen LogP contribution in [-0.2, 0) is 14.3 Å². The van der Waals surface area contributed by atoms with Crippen molar-refractivity contribution < 1.29 is 19.4 Å². The van der Waals surface area contributed by atoms with Crippen molar-refractivity contribution in [2.45, 2.75) is 13.0 Å². The summed E-state index contributed by atoms with van der Waals surface area (Å²) in [6.45, 7) is 4.80. The lowest BCUT2D eigenvalue weighted by molar-refractivity contribution is -0.118. The van der Waals surface area contributed by atoms with E-state index in [0.717, 1.165) is 17.8 Å². The first-order chi connectivity index (χ1) is 7.06. The zero-order valence-electron chi connectivity index (χ0n) is 8.56. The number of nitrogens with one attached hydrogen (secondary N) is 1. The molecule has 0 radical (unpaired) electrons. The van der Waals surface area contributed by atoms with E-state index in [-0.39, 0.29) is 24.4 Å². The number of hydrogen-bond donors (Lipinski definition) is 2. The maximum atomic E-state index is 10.7. The maximum absolute atomic E-state index is 10.7. The van der Waals surface area contributed by atoms with Crippen molar-refractivity contribution >= 4 is 22.8 Å². The standard InChI is InChI=1S/C9H15NO4S/c1-3-9(13)10-6-14-4-8(12)5-15-7(2)11/h3,8,12H,1,4-6H2,2H3,(H,10,13). The highest BCUT2D eigenvalue weighted by atomic mass is 32.2. The molecule has 0 saturated carbocycles. The molecule has 0 fully saturated rings. The van der Waals surface area contributed by atoms with Crippen LogP contribution < -0.4 is 5.32 Å². The summed E-state index contributed by atoms with van der Waals surface area (Å²) >= 11 is 1.04. The minimum atomic E-state index is -0.709. The molecule has 1 amide bonds. The van der Waals surface area contributed by atoms with Crippen LogP contribution in [0.4, 0.5) is 0 Å². The van der Waals surface area contributed by atoms with Crippen LogP contribution in [0.25, 0.3) is 0 Å². The molecule has 86 valence electrons. The van der Waals surface area contributed by atoms with Gasteiger partial charge in [-0.1, -0.05) is 18.3 Å². The van der Waals surface area contributed by atoms with Crippen LogP contribution in [0.15, 0.2) is 12.7 Å².